The van der Waals surface area contributed by atoms with Gasteiger partial charge in [0.25, 0.3) is 5.91 Å². The highest BCUT2D eigenvalue weighted by molar-refractivity contribution is 5.96. The normalized spacial score (nSPS) is 24.0. The number of aromatic amines is 1. The minimum atomic E-state index is -0.589. The fraction of sp³-hybridized carbons (Fsp3) is 0.636. The Kier molecular flexibility index (Phi) is 3.31. The number of carbonyl (C=O) groups excluding carboxylic acids is 1. The van der Waals surface area contributed by atoms with E-state index in [1.165, 1.54) is 0 Å². The lowest BCUT2D eigenvalue weighted by Crippen LogP contribution is -2.44. The molecule has 0 aliphatic carbocycles. The Labute approximate surface area is 104 Å². The summed E-state index contributed by atoms with van der Waals surface area (Å²) in [5.41, 5.74) is -0.285. The predicted molar refractivity (Wildman–Crippen MR) is 64.1 cm³/mol. The molecule has 2 atom stereocenters. The van der Waals surface area contributed by atoms with Crippen molar-refractivity contribution in [3.63, 3.8) is 0 Å². The topological polar surface area (TPSA) is 92.1 Å². The van der Waals surface area contributed by atoms with Crippen molar-refractivity contribution in [1.29, 1.82) is 0 Å². The van der Waals surface area contributed by atoms with E-state index in [-0.39, 0.29) is 23.3 Å². The first-order valence-electron chi connectivity index (χ1n) is 5.99. The molecule has 1 N–H and O–H groups in total. The van der Waals surface area contributed by atoms with Gasteiger partial charge in [0.05, 0.1) is 4.92 Å². The van der Waals surface area contributed by atoms with Crippen molar-refractivity contribution in [1.82, 2.24) is 15.1 Å². The molecule has 2 rings (SSSR count). The van der Waals surface area contributed by atoms with Crippen LogP contribution in [0.3, 0.4) is 0 Å². The number of nitrogens with one attached hydrogen (secondary N) is 1. The average molecular weight is 252 g/mol. The molecular weight excluding hydrogens is 236 g/mol. The second-order valence-corrected chi connectivity index (χ2v) is 4.86. The first kappa shape index (κ1) is 12.5. The van der Waals surface area contributed by atoms with Crippen LogP contribution in [0.2, 0.25) is 0 Å². The number of carbonyl (C=O) groups is 1. The summed E-state index contributed by atoms with van der Waals surface area (Å²) in [5, 5.41) is 16.8. The fourth-order valence-corrected chi connectivity index (χ4v) is 2.43. The second-order valence-electron chi connectivity index (χ2n) is 4.86. The summed E-state index contributed by atoms with van der Waals surface area (Å²) < 4.78 is 0. The summed E-state index contributed by atoms with van der Waals surface area (Å²) >= 11 is 0. The number of rotatable bonds is 2. The van der Waals surface area contributed by atoms with Crippen molar-refractivity contribution in [2.45, 2.75) is 32.7 Å². The third-order valence-electron chi connectivity index (χ3n) is 3.43. The molecule has 1 aromatic rings. The third-order valence-corrected chi connectivity index (χ3v) is 3.43. The molecule has 7 nitrogen and oxygen atoms in total. The highest BCUT2D eigenvalue weighted by Crippen LogP contribution is 2.25. The number of hydrogen-bond acceptors (Lipinski definition) is 4. The van der Waals surface area contributed by atoms with E-state index in [0.717, 1.165) is 19.0 Å². The van der Waals surface area contributed by atoms with Gasteiger partial charge in [-0.1, -0.05) is 6.92 Å². The smallest absolute Gasteiger partial charge is 0.319 e. The zero-order chi connectivity index (χ0) is 13.3. The van der Waals surface area contributed by atoms with Crippen LogP contribution in [0.5, 0.6) is 0 Å². The first-order valence-corrected chi connectivity index (χ1v) is 5.99. The molecule has 1 aliphatic rings. The summed E-state index contributed by atoms with van der Waals surface area (Å²) in [6, 6.07) is 0.101. The van der Waals surface area contributed by atoms with Crippen LogP contribution in [-0.4, -0.2) is 38.5 Å². The van der Waals surface area contributed by atoms with Crippen molar-refractivity contribution in [2.75, 3.05) is 6.54 Å². The van der Waals surface area contributed by atoms with E-state index in [2.05, 4.69) is 17.1 Å². The number of piperidine rings is 1. The van der Waals surface area contributed by atoms with E-state index >= 15 is 0 Å². The number of nitro groups is 1. The Hall–Kier alpha value is -1.92. The SMILES string of the molecule is C[C@H]1CCN(C(=O)c2[nH]ncc2[N+](=O)[O-])[C@@H](C)C1. The molecule has 1 saturated heterocycles. The maximum Gasteiger partial charge on any atom is 0.319 e. The van der Waals surface area contributed by atoms with Gasteiger partial charge in [0.2, 0.25) is 5.69 Å². The van der Waals surface area contributed by atoms with Gasteiger partial charge in [-0.2, -0.15) is 5.10 Å². The van der Waals surface area contributed by atoms with Gasteiger partial charge in [0.1, 0.15) is 6.20 Å². The number of amides is 1. The summed E-state index contributed by atoms with van der Waals surface area (Å²) in [6.45, 7) is 4.75. The van der Waals surface area contributed by atoms with Crippen molar-refractivity contribution in [2.24, 2.45) is 5.92 Å². The monoisotopic (exact) mass is 252 g/mol. The molecule has 0 aromatic carbocycles. The van der Waals surface area contributed by atoms with Crippen LogP contribution in [0.25, 0.3) is 0 Å². The Morgan fingerprint density at radius 1 is 1.61 bits per heavy atom. The van der Waals surface area contributed by atoms with Crippen LogP contribution >= 0.6 is 0 Å². The van der Waals surface area contributed by atoms with E-state index in [4.69, 9.17) is 0 Å². The van der Waals surface area contributed by atoms with Crippen LogP contribution in [0, 0.1) is 16.0 Å². The Bertz CT molecular complexity index is 471. The molecule has 98 valence electrons. The molecule has 0 unspecified atom stereocenters. The van der Waals surface area contributed by atoms with Crippen LogP contribution in [0.15, 0.2) is 6.20 Å². The summed E-state index contributed by atoms with van der Waals surface area (Å²) in [7, 11) is 0. The quantitative estimate of drug-likeness (QED) is 0.638. The first-order chi connectivity index (χ1) is 8.50. The second kappa shape index (κ2) is 4.75. The largest absolute Gasteiger partial charge is 0.334 e. The van der Waals surface area contributed by atoms with Gasteiger partial charge in [0, 0.05) is 12.6 Å². The molecule has 0 bridgehead atoms. The Balaban J connectivity index is 2.21. The summed E-state index contributed by atoms with van der Waals surface area (Å²) in [5.74, 6) is 0.249. The molecule has 18 heavy (non-hydrogen) atoms. The van der Waals surface area contributed by atoms with E-state index in [1.54, 1.807) is 4.90 Å². The molecule has 1 fully saturated rings. The van der Waals surface area contributed by atoms with Gasteiger partial charge in [0.15, 0.2) is 0 Å². The lowest BCUT2D eigenvalue weighted by molar-refractivity contribution is -0.385. The highest BCUT2D eigenvalue weighted by Gasteiger charge is 2.32. The van der Waals surface area contributed by atoms with Crippen LogP contribution in [-0.2, 0) is 0 Å². The van der Waals surface area contributed by atoms with Gasteiger partial charge in [-0.15, -0.1) is 0 Å². The van der Waals surface area contributed by atoms with Gasteiger partial charge >= 0.3 is 5.69 Å². The third kappa shape index (κ3) is 2.20. The van der Waals surface area contributed by atoms with Crippen molar-refractivity contribution < 1.29 is 9.72 Å². The number of H-pyrrole nitrogens is 1. The van der Waals surface area contributed by atoms with E-state index < -0.39 is 4.92 Å². The standard InChI is InChI=1S/C11H16N4O3/c1-7-3-4-14(8(2)5-7)11(16)10-9(15(17)18)6-12-13-10/h6-8H,3-5H2,1-2H3,(H,12,13)/t7-,8-/m0/s1. The van der Waals surface area contributed by atoms with Crippen LogP contribution < -0.4 is 0 Å². The average Bonchev–Trinajstić information content (AvgIpc) is 2.77. The molecule has 7 heteroatoms. The molecule has 0 spiro atoms. The van der Waals surface area contributed by atoms with E-state index in [9.17, 15) is 14.9 Å². The van der Waals surface area contributed by atoms with Gasteiger partial charge in [-0.05, 0) is 25.7 Å². The predicted octanol–water partition coefficient (Wildman–Crippen LogP) is 1.58. The lowest BCUT2D eigenvalue weighted by Gasteiger charge is -2.36. The summed E-state index contributed by atoms with van der Waals surface area (Å²) in [6.07, 6.45) is 2.93. The fourth-order valence-electron chi connectivity index (χ4n) is 2.43. The molecular formula is C11H16N4O3. The highest BCUT2D eigenvalue weighted by atomic mass is 16.6. The van der Waals surface area contributed by atoms with Crippen molar-refractivity contribution in [3.8, 4) is 0 Å². The van der Waals surface area contributed by atoms with Gasteiger partial charge in [-0.25, -0.2) is 0 Å². The minimum Gasteiger partial charge on any atom is -0.334 e. The van der Waals surface area contributed by atoms with Crippen molar-refractivity contribution in [3.05, 3.63) is 22.0 Å². The number of likely N-dealkylation sites (tertiary alicyclic amines) is 1. The van der Waals surface area contributed by atoms with E-state index in [1.807, 2.05) is 6.92 Å². The molecule has 0 radical (unpaired) electrons. The van der Waals surface area contributed by atoms with Crippen LogP contribution in [0.1, 0.15) is 37.2 Å². The number of aromatic nitrogens is 2. The molecule has 1 amide bonds. The Morgan fingerprint density at radius 3 is 2.94 bits per heavy atom. The maximum atomic E-state index is 12.3. The number of hydrogen-bond donors (Lipinski definition) is 1. The Morgan fingerprint density at radius 2 is 2.33 bits per heavy atom. The molecule has 1 aromatic heterocycles. The summed E-state index contributed by atoms with van der Waals surface area (Å²) in [4.78, 5) is 24.1. The van der Waals surface area contributed by atoms with Gasteiger partial charge in [-0.3, -0.25) is 20.0 Å². The minimum absolute atomic E-state index is 0.0265. The zero-order valence-electron chi connectivity index (χ0n) is 10.4. The van der Waals surface area contributed by atoms with E-state index in [0.29, 0.717) is 12.5 Å². The molecule has 0 saturated carbocycles. The van der Waals surface area contributed by atoms with Crippen molar-refractivity contribution >= 4 is 11.6 Å². The van der Waals surface area contributed by atoms with Crippen LogP contribution in [0.4, 0.5) is 5.69 Å². The molecule has 2 heterocycles. The molecule has 1 aliphatic heterocycles. The maximum absolute atomic E-state index is 12.3. The lowest BCUT2D eigenvalue weighted by atomic mass is 9.93. The van der Waals surface area contributed by atoms with Gasteiger partial charge < -0.3 is 4.90 Å². The zero-order valence-corrected chi connectivity index (χ0v) is 10.4. The number of nitrogens with zero attached hydrogens (tertiary/aromatic N) is 3.